The lowest BCUT2D eigenvalue weighted by atomic mass is 9.91. The van der Waals surface area contributed by atoms with Crippen LogP contribution in [0, 0.1) is 0 Å². The van der Waals surface area contributed by atoms with E-state index in [-0.39, 0.29) is 6.54 Å². The fourth-order valence-electron chi connectivity index (χ4n) is 3.90. The first kappa shape index (κ1) is 30.3. The Bertz CT molecular complexity index is 1100. The molecule has 0 saturated carbocycles. The van der Waals surface area contributed by atoms with Gasteiger partial charge in [0.1, 0.15) is 17.7 Å². The van der Waals surface area contributed by atoms with Crippen LogP contribution >= 0.6 is 0 Å². The van der Waals surface area contributed by atoms with Gasteiger partial charge in [-0.2, -0.15) is 0 Å². The molecule has 0 aliphatic heterocycles. The number of amides is 4. The largest absolute Gasteiger partial charge is 0.444 e. The van der Waals surface area contributed by atoms with Gasteiger partial charge in [0.15, 0.2) is 0 Å². The molecule has 0 saturated heterocycles. The number of benzene rings is 2. The van der Waals surface area contributed by atoms with Gasteiger partial charge < -0.3 is 26.0 Å². The van der Waals surface area contributed by atoms with Gasteiger partial charge in [0, 0.05) is 12.1 Å². The minimum absolute atomic E-state index is 0.262. The quantitative estimate of drug-likeness (QED) is 0.411. The van der Waals surface area contributed by atoms with Crippen LogP contribution in [0.1, 0.15) is 71.6 Å². The lowest BCUT2D eigenvalue weighted by Gasteiger charge is -2.44. The molecule has 0 radical (unpaired) electrons. The van der Waals surface area contributed by atoms with Crippen molar-refractivity contribution in [3.8, 4) is 0 Å². The first-order valence-corrected chi connectivity index (χ1v) is 12.7. The molecule has 0 fully saturated rings. The summed E-state index contributed by atoms with van der Waals surface area (Å²) in [5, 5.41) is 5.44. The predicted molar refractivity (Wildman–Crippen MR) is 146 cm³/mol. The fourth-order valence-corrected chi connectivity index (χ4v) is 3.90. The Labute approximate surface area is 225 Å². The molecule has 2 unspecified atom stereocenters. The van der Waals surface area contributed by atoms with Gasteiger partial charge in [-0.1, -0.05) is 67.6 Å². The van der Waals surface area contributed by atoms with Crippen molar-refractivity contribution in [3.63, 3.8) is 0 Å². The first-order valence-electron chi connectivity index (χ1n) is 12.7. The number of primary amides is 1. The summed E-state index contributed by atoms with van der Waals surface area (Å²) in [7, 11) is 0. The van der Waals surface area contributed by atoms with Gasteiger partial charge in [-0.3, -0.25) is 14.4 Å². The lowest BCUT2D eigenvalue weighted by molar-refractivity contribution is -0.150. The zero-order valence-electron chi connectivity index (χ0n) is 23.1. The standard InChI is InChI=1S/C29H40N4O5/c1-7-29(5,6)33(26(36)22(18-23(30)34)32-27(37)38-28(2,3)4)24(21-16-12-9-13-17-21)25(35)31-19-20-14-10-8-11-15-20/h8-17,22,24H,7,18-19H2,1-6H3,(H2,30,34)(H,31,35)(H,32,37). The summed E-state index contributed by atoms with van der Waals surface area (Å²) in [6.07, 6.45) is -0.832. The Morgan fingerprint density at radius 1 is 0.921 bits per heavy atom. The zero-order chi connectivity index (χ0) is 28.5. The molecule has 38 heavy (non-hydrogen) atoms. The number of hydrogen-bond acceptors (Lipinski definition) is 5. The number of ether oxygens (including phenoxy) is 1. The number of rotatable bonds is 11. The summed E-state index contributed by atoms with van der Waals surface area (Å²) in [6.45, 7) is 10.9. The van der Waals surface area contributed by atoms with Crippen molar-refractivity contribution in [3.05, 3.63) is 71.8 Å². The molecule has 2 aromatic rings. The number of hydrogen-bond donors (Lipinski definition) is 3. The van der Waals surface area contributed by atoms with Crippen molar-refractivity contribution < 1.29 is 23.9 Å². The van der Waals surface area contributed by atoms with E-state index in [0.717, 1.165) is 5.56 Å². The highest BCUT2D eigenvalue weighted by atomic mass is 16.6. The topological polar surface area (TPSA) is 131 Å². The molecule has 2 aromatic carbocycles. The van der Waals surface area contributed by atoms with E-state index in [1.807, 2.05) is 57.2 Å². The minimum Gasteiger partial charge on any atom is -0.444 e. The maximum absolute atomic E-state index is 14.1. The van der Waals surface area contributed by atoms with Gasteiger partial charge in [0.05, 0.1) is 6.42 Å². The summed E-state index contributed by atoms with van der Waals surface area (Å²) in [5.74, 6) is -1.80. The van der Waals surface area contributed by atoms with Crippen LogP contribution in [0.3, 0.4) is 0 Å². The Morgan fingerprint density at radius 3 is 1.97 bits per heavy atom. The molecule has 0 aliphatic carbocycles. The number of nitrogens with one attached hydrogen (secondary N) is 2. The van der Waals surface area contributed by atoms with Gasteiger partial charge >= 0.3 is 6.09 Å². The molecule has 9 heteroatoms. The molecule has 2 rings (SSSR count). The number of alkyl carbamates (subject to hydrolysis) is 1. The first-order chi connectivity index (χ1) is 17.7. The van der Waals surface area contributed by atoms with E-state index < -0.39 is 53.5 Å². The average molecular weight is 525 g/mol. The molecule has 206 valence electrons. The van der Waals surface area contributed by atoms with E-state index in [4.69, 9.17) is 10.5 Å². The van der Waals surface area contributed by atoms with Crippen LogP contribution in [0.5, 0.6) is 0 Å². The number of nitrogens with zero attached hydrogens (tertiary/aromatic N) is 1. The van der Waals surface area contributed by atoms with Gasteiger partial charge in [-0.05, 0) is 52.2 Å². The fraction of sp³-hybridized carbons (Fsp3) is 0.448. The summed E-state index contributed by atoms with van der Waals surface area (Å²) in [5.41, 5.74) is 5.28. The Morgan fingerprint density at radius 2 is 1.47 bits per heavy atom. The second-order valence-electron chi connectivity index (χ2n) is 10.8. The smallest absolute Gasteiger partial charge is 0.408 e. The van der Waals surface area contributed by atoms with E-state index in [1.165, 1.54) is 4.90 Å². The zero-order valence-corrected chi connectivity index (χ0v) is 23.1. The molecule has 0 heterocycles. The average Bonchev–Trinajstić information content (AvgIpc) is 2.84. The molecule has 0 aliphatic rings. The van der Waals surface area contributed by atoms with Crippen LogP contribution in [0.15, 0.2) is 60.7 Å². The third kappa shape index (κ3) is 8.90. The molecule has 4 amide bonds. The molecule has 4 N–H and O–H groups in total. The van der Waals surface area contributed by atoms with E-state index in [9.17, 15) is 19.2 Å². The van der Waals surface area contributed by atoms with Crippen molar-refractivity contribution in [1.29, 1.82) is 0 Å². The highest BCUT2D eigenvalue weighted by Gasteiger charge is 2.43. The van der Waals surface area contributed by atoms with Crippen molar-refractivity contribution >= 4 is 23.8 Å². The predicted octanol–water partition coefficient (Wildman–Crippen LogP) is 3.83. The molecule has 0 spiro atoms. The molecular formula is C29H40N4O5. The van der Waals surface area contributed by atoms with Crippen LogP contribution in [0.25, 0.3) is 0 Å². The summed E-state index contributed by atoms with van der Waals surface area (Å²) >= 11 is 0. The van der Waals surface area contributed by atoms with Gasteiger partial charge in [0.25, 0.3) is 0 Å². The number of carbonyl (C=O) groups is 4. The maximum Gasteiger partial charge on any atom is 0.408 e. The second-order valence-corrected chi connectivity index (χ2v) is 10.8. The van der Waals surface area contributed by atoms with Crippen LogP contribution in [0.4, 0.5) is 4.79 Å². The van der Waals surface area contributed by atoms with Crippen LogP contribution in [0.2, 0.25) is 0 Å². The summed E-state index contributed by atoms with van der Waals surface area (Å²) in [4.78, 5) is 53.9. The normalized spacial score (nSPS) is 13.1. The minimum atomic E-state index is -1.33. The van der Waals surface area contributed by atoms with Crippen LogP contribution in [-0.4, -0.2) is 45.9 Å². The second kappa shape index (κ2) is 13.1. The van der Waals surface area contributed by atoms with E-state index in [1.54, 1.807) is 45.0 Å². The van der Waals surface area contributed by atoms with E-state index in [2.05, 4.69) is 10.6 Å². The van der Waals surface area contributed by atoms with Gasteiger partial charge in [-0.15, -0.1) is 0 Å². The maximum atomic E-state index is 14.1. The SMILES string of the molecule is CCC(C)(C)N(C(=O)C(CC(N)=O)NC(=O)OC(C)(C)C)C(C(=O)NCc1ccccc1)c1ccccc1. The number of nitrogens with two attached hydrogens (primary N) is 1. The van der Waals surface area contributed by atoms with Crippen molar-refractivity contribution in [2.45, 2.75) is 84.2 Å². The Hall–Kier alpha value is -3.88. The van der Waals surface area contributed by atoms with Crippen LogP contribution < -0.4 is 16.4 Å². The molecule has 9 nitrogen and oxygen atoms in total. The highest BCUT2D eigenvalue weighted by Crippen LogP contribution is 2.32. The molecular weight excluding hydrogens is 484 g/mol. The third-order valence-electron chi connectivity index (χ3n) is 6.08. The Kier molecular flexibility index (Phi) is 10.4. The van der Waals surface area contributed by atoms with Gasteiger partial charge in [-0.25, -0.2) is 4.79 Å². The van der Waals surface area contributed by atoms with Crippen molar-refractivity contribution in [2.75, 3.05) is 0 Å². The summed E-state index contributed by atoms with van der Waals surface area (Å²) in [6, 6.07) is 16.0. The van der Waals surface area contributed by atoms with E-state index in [0.29, 0.717) is 12.0 Å². The van der Waals surface area contributed by atoms with E-state index >= 15 is 0 Å². The molecule has 0 bridgehead atoms. The van der Waals surface area contributed by atoms with Gasteiger partial charge in [0.2, 0.25) is 17.7 Å². The highest BCUT2D eigenvalue weighted by molar-refractivity contribution is 5.95. The van der Waals surface area contributed by atoms with Crippen molar-refractivity contribution in [2.24, 2.45) is 5.73 Å². The van der Waals surface area contributed by atoms with Crippen LogP contribution in [-0.2, 0) is 25.7 Å². The molecule has 0 aromatic heterocycles. The molecule has 2 atom stereocenters. The monoisotopic (exact) mass is 524 g/mol. The number of carbonyl (C=O) groups excluding carboxylic acids is 4. The Balaban J connectivity index is 2.52. The third-order valence-corrected chi connectivity index (χ3v) is 6.08. The van der Waals surface area contributed by atoms with Crippen molar-refractivity contribution in [1.82, 2.24) is 15.5 Å². The lowest BCUT2D eigenvalue weighted by Crippen LogP contribution is -2.59. The summed E-state index contributed by atoms with van der Waals surface area (Å²) < 4.78 is 5.32.